The summed E-state index contributed by atoms with van der Waals surface area (Å²) in [6, 6.07) is 6.51. The number of hydrogen-bond acceptors (Lipinski definition) is 4. The summed E-state index contributed by atoms with van der Waals surface area (Å²) < 4.78 is 25.3. The van der Waals surface area contributed by atoms with E-state index >= 15 is 0 Å². The molecule has 0 atom stereocenters. The maximum Gasteiger partial charge on any atom is 0.317 e. The van der Waals surface area contributed by atoms with E-state index in [1.807, 2.05) is 0 Å². The summed E-state index contributed by atoms with van der Waals surface area (Å²) in [7, 11) is -0.555. The van der Waals surface area contributed by atoms with Gasteiger partial charge < -0.3 is 5.11 Å². The van der Waals surface area contributed by atoms with Crippen molar-refractivity contribution in [3.05, 3.63) is 42.5 Å². The van der Waals surface area contributed by atoms with Gasteiger partial charge in [0.2, 0.25) is 10.0 Å². The normalized spacial score (nSPS) is 11.8. The average molecular weight is 312 g/mol. The SMILES string of the molecule is C=CCN(CC(=O)O)Cc1cccc(S(=O)(=O)N(C)C)c1. The first-order chi connectivity index (χ1) is 9.77. The van der Waals surface area contributed by atoms with Crippen LogP contribution < -0.4 is 0 Å². The number of carboxylic acids is 1. The molecule has 21 heavy (non-hydrogen) atoms. The van der Waals surface area contributed by atoms with Crippen LogP contribution in [0.5, 0.6) is 0 Å². The van der Waals surface area contributed by atoms with Crippen molar-refractivity contribution in [1.29, 1.82) is 0 Å². The molecule has 0 spiro atoms. The van der Waals surface area contributed by atoms with E-state index in [4.69, 9.17) is 5.11 Å². The second-order valence-corrected chi connectivity index (χ2v) is 6.94. The summed E-state index contributed by atoms with van der Waals surface area (Å²) in [5.74, 6) is -0.936. The lowest BCUT2D eigenvalue weighted by molar-refractivity contribution is -0.138. The molecular weight excluding hydrogens is 292 g/mol. The molecule has 0 aliphatic heterocycles. The van der Waals surface area contributed by atoms with Crippen molar-refractivity contribution in [3.8, 4) is 0 Å². The zero-order valence-electron chi connectivity index (χ0n) is 12.2. The number of aliphatic carboxylic acids is 1. The van der Waals surface area contributed by atoms with Crippen LogP contribution in [0.4, 0.5) is 0 Å². The molecule has 1 aromatic rings. The van der Waals surface area contributed by atoms with Crippen molar-refractivity contribution in [3.63, 3.8) is 0 Å². The number of sulfonamides is 1. The zero-order valence-corrected chi connectivity index (χ0v) is 13.0. The lowest BCUT2D eigenvalue weighted by Gasteiger charge is -2.19. The van der Waals surface area contributed by atoms with E-state index in [1.54, 1.807) is 29.2 Å². The van der Waals surface area contributed by atoms with Crippen LogP contribution >= 0.6 is 0 Å². The summed E-state index contributed by atoms with van der Waals surface area (Å²) in [4.78, 5) is 12.7. The van der Waals surface area contributed by atoms with Gasteiger partial charge in [0.15, 0.2) is 0 Å². The third-order valence-electron chi connectivity index (χ3n) is 2.83. The Hall–Kier alpha value is -1.70. The Kier molecular flexibility index (Phi) is 6.07. The molecule has 0 bridgehead atoms. The fourth-order valence-corrected chi connectivity index (χ4v) is 2.80. The molecule has 0 heterocycles. The van der Waals surface area contributed by atoms with Gasteiger partial charge in [0.05, 0.1) is 11.4 Å². The summed E-state index contributed by atoms with van der Waals surface area (Å²) >= 11 is 0. The van der Waals surface area contributed by atoms with Crippen LogP contribution in [0.3, 0.4) is 0 Å². The quantitative estimate of drug-likeness (QED) is 0.725. The van der Waals surface area contributed by atoms with Crippen LogP contribution in [-0.4, -0.2) is 55.9 Å². The number of nitrogens with zero attached hydrogens (tertiary/aromatic N) is 2. The first-order valence-electron chi connectivity index (χ1n) is 6.34. The van der Waals surface area contributed by atoms with E-state index in [0.717, 1.165) is 9.87 Å². The van der Waals surface area contributed by atoms with Gasteiger partial charge in [0.1, 0.15) is 0 Å². The highest BCUT2D eigenvalue weighted by atomic mass is 32.2. The summed E-state index contributed by atoms with van der Waals surface area (Å²) in [5, 5.41) is 8.87. The van der Waals surface area contributed by atoms with Crippen molar-refractivity contribution in [1.82, 2.24) is 9.21 Å². The van der Waals surface area contributed by atoms with E-state index in [9.17, 15) is 13.2 Å². The Bertz CT molecular complexity index is 611. The maximum atomic E-state index is 12.1. The second-order valence-electron chi connectivity index (χ2n) is 4.79. The molecule has 6 nitrogen and oxygen atoms in total. The van der Waals surface area contributed by atoms with Crippen molar-refractivity contribution >= 4 is 16.0 Å². The van der Waals surface area contributed by atoms with E-state index < -0.39 is 16.0 Å². The molecule has 1 N–H and O–H groups in total. The molecule has 0 aromatic heterocycles. The van der Waals surface area contributed by atoms with E-state index in [0.29, 0.717) is 13.1 Å². The van der Waals surface area contributed by atoms with Gasteiger partial charge in [-0.1, -0.05) is 18.2 Å². The molecule has 0 aliphatic rings. The molecule has 7 heteroatoms. The first kappa shape index (κ1) is 17.4. The highest BCUT2D eigenvalue weighted by Crippen LogP contribution is 2.16. The minimum absolute atomic E-state index is 0.128. The first-order valence-corrected chi connectivity index (χ1v) is 7.78. The molecule has 0 saturated heterocycles. The highest BCUT2D eigenvalue weighted by molar-refractivity contribution is 7.89. The Balaban J connectivity index is 2.99. The fraction of sp³-hybridized carbons (Fsp3) is 0.357. The summed E-state index contributed by atoms with van der Waals surface area (Å²) in [5.41, 5.74) is 0.737. The van der Waals surface area contributed by atoms with Crippen LogP contribution in [0.15, 0.2) is 41.8 Å². The van der Waals surface area contributed by atoms with Gasteiger partial charge in [-0.05, 0) is 17.7 Å². The van der Waals surface area contributed by atoms with Gasteiger partial charge in [-0.2, -0.15) is 0 Å². The monoisotopic (exact) mass is 312 g/mol. The molecule has 0 aliphatic carbocycles. The van der Waals surface area contributed by atoms with Crippen LogP contribution in [-0.2, 0) is 21.4 Å². The lowest BCUT2D eigenvalue weighted by atomic mass is 10.2. The minimum atomic E-state index is -3.49. The molecule has 0 radical (unpaired) electrons. The Morgan fingerprint density at radius 3 is 2.57 bits per heavy atom. The number of carbonyl (C=O) groups is 1. The Morgan fingerprint density at radius 2 is 2.05 bits per heavy atom. The third-order valence-corrected chi connectivity index (χ3v) is 4.64. The maximum absolute atomic E-state index is 12.1. The van der Waals surface area contributed by atoms with Crippen molar-refractivity contribution in [2.24, 2.45) is 0 Å². The van der Waals surface area contributed by atoms with Crippen LogP contribution in [0.25, 0.3) is 0 Å². The van der Waals surface area contributed by atoms with Gasteiger partial charge in [0.25, 0.3) is 0 Å². The van der Waals surface area contributed by atoms with Gasteiger partial charge in [-0.25, -0.2) is 12.7 Å². The van der Waals surface area contributed by atoms with Crippen LogP contribution in [0.2, 0.25) is 0 Å². The fourth-order valence-electron chi connectivity index (χ4n) is 1.83. The minimum Gasteiger partial charge on any atom is -0.480 e. The molecule has 116 valence electrons. The number of hydrogen-bond donors (Lipinski definition) is 1. The Labute approximate surface area is 125 Å². The second kappa shape index (κ2) is 7.35. The summed E-state index contributed by atoms with van der Waals surface area (Å²) in [6.07, 6.45) is 1.61. The van der Waals surface area contributed by atoms with Crippen LogP contribution in [0.1, 0.15) is 5.56 Å². The van der Waals surface area contributed by atoms with Crippen LogP contribution in [0, 0.1) is 0 Å². The number of rotatable bonds is 8. The number of carboxylic acid groups (broad SMARTS) is 1. The predicted octanol–water partition coefficient (Wildman–Crippen LogP) is 1.01. The van der Waals surface area contributed by atoms with Gasteiger partial charge in [-0.3, -0.25) is 9.69 Å². The average Bonchev–Trinajstić information content (AvgIpc) is 2.38. The molecule has 1 rings (SSSR count). The standard InChI is InChI=1S/C14H20N2O4S/c1-4-8-16(11-14(17)18)10-12-6-5-7-13(9-12)21(19,20)15(2)3/h4-7,9H,1,8,10-11H2,2-3H3,(H,17,18). The third kappa shape index (κ3) is 4.96. The molecule has 0 saturated carbocycles. The van der Waals surface area contributed by atoms with Gasteiger partial charge in [0, 0.05) is 27.2 Å². The molecule has 0 amide bonds. The molecule has 0 unspecified atom stereocenters. The predicted molar refractivity (Wildman–Crippen MR) is 80.4 cm³/mol. The molecular formula is C14H20N2O4S. The topological polar surface area (TPSA) is 77.9 Å². The van der Waals surface area contributed by atoms with Gasteiger partial charge >= 0.3 is 5.97 Å². The smallest absolute Gasteiger partial charge is 0.317 e. The van der Waals surface area contributed by atoms with Gasteiger partial charge in [-0.15, -0.1) is 6.58 Å². The highest BCUT2D eigenvalue weighted by Gasteiger charge is 2.18. The Morgan fingerprint density at radius 1 is 1.38 bits per heavy atom. The largest absolute Gasteiger partial charge is 0.480 e. The lowest BCUT2D eigenvalue weighted by Crippen LogP contribution is -2.29. The van der Waals surface area contributed by atoms with E-state index in [2.05, 4.69) is 6.58 Å². The zero-order chi connectivity index (χ0) is 16.0. The molecule has 1 aromatic carbocycles. The van der Waals surface area contributed by atoms with E-state index in [-0.39, 0.29) is 11.4 Å². The van der Waals surface area contributed by atoms with E-state index in [1.165, 1.54) is 20.2 Å². The van der Waals surface area contributed by atoms with Crippen molar-refractivity contribution in [2.75, 3.05) is 27.2 Å². The van der Waals surface area contributed by atoms with Crippen molar-refractivity contribution in [2.45, 2.75) is 11.4 Å². The summed E-state index contributed by atoms with van der Waals surface area (Å²) in [6.45, 7) is 4.22. The molecule has 0 fully saturated rings. The van der Waals surface area contributed by atoms with Crippen molar-refractivity contribution < 1.29 is 18.3 Å². The number of benzene rings is 1.